The average Bonchev–Trinajstić information content (AvgIpc) is 3.76. The molecule has 1 aliphatic rings. The van der Waals surface area contributed by atoms with Gasteiger partial charge in [-0.1, -0.05) is 53.7 Å². The molecule has 1 aliphatic carbocycles. The predicted octanol–water partition coefficient (Wildman–Crippen LogP) is 18.2. The zero-order chi connectivity index (χ0) is 52.8. The van der Waals surface area contributed by atoms with Gasteiger partial charge in [-0.2, -0.15) is 0 Å². The Labute approximate surface area is 455 Å². The fraction of sp³-hybridized carbons (Fsp3) is 0.304. The molecule has 384 valence electrons. The Morgan fingerprint density at radius 3 is 1.84 bits per heavy atom. The molecule has 75 heavy (non-hydrogen) atoms. The molecule has 7 aromatic carbocycles. The Hall–Kier alpha value is -6.55. The van der Waals surface area contributed by atoms with Crippen LogP contribution in [0.5, 0.6) is 11.5 Å². The molecular formula is C69H70N4OPt-2. The molecule has 0 saturated heterocycles. The number of aromatic nitrogens is 4. The fourth-order valence-electron chi connectivity index (χ4n) is 11.1. The van der Waals surface area contributed by atoms with E-state index in [1.54, 1.807) is 0 Å². The predicted molar refractivity (Wildman–Crippen MR) is 309 cm³/mol. The monoisotopic (exact) mass is 1170 g/mol. The standard InChI is InChI=1S/C69H70N4O.Pt/c1-66(2,3)48-30-34-60-58(40-48)56-33-32-53(43-63(56)73(60)64-41-49(35-36-70-64)67(4,5)6)74-52-31-29-46-23-16-17-26-59(57(46)42-52)71-44-72(62-28-19-18-27-61(62)71)65-54(45-21-14-13-15-22-45)24-20-25-55(65)47-37-50(68(7,8)9)39-51(38-47)69(10,11)12;/h13-15,18-22,24-25,27-41,59H,16-17,23,26H2,1-12H3;/q-2;. The maximum absolute atomic E-state index is 6.95. The van der Waals surface area contributed by atoms with Crippen molar-refractivity contribution < 1.29 is 24.1 Å². The van der Waals surface area contributed by atoms with E-state index in [-0.39, 0.29) is 27.7 Å². The van der Waals surface area contributed by atoms with E-state index in [0.717, 1.165) is 51.7 Å². The molecule has 3 aromatic heterocycles. The van der Waals surface area contributed by atoms with Crippen molar-refractivity contribution in [2.24, 2.45) is 0 Å². The maximum atomic E-state index is 6.95. The first kappa shape index (κ1) is 50.6. The number of imidazole rings is 1. The normalized spacial score (nSPS) is 14.7. The van der Waals surface area contributed by atoms with Gasteiger partial charge < -0.3 is 0 Å². The van der Waals surface area contributed by atoms with E-state index in [0.29, 0.717) is 11.5 Å². The van der Waals surface area contributed by atoms with Gasteiger partial charge in [0.15, 0.2) is 0 Å². The van der Waals surface area contributed by atoms with Crippen LogP contribution in [0.2, 0.25) is 0 Å². The van der Waals surface area contributed by atoms with Gasteiger partial charge in [-0.15, -0.1) is 0 Å². The average molecular weight is 1170 g/mol. The molecule has 10 aromatic rings. The van der Waals surface area contributed by atoms with Crippen molar-refractivity contribution in [1.29, 1.82) is 0 Å². The van der Waals surface area contributed by atoms with Crippen molar-refractivity contribution in [3.8, 4) is 45.3 Å². The van der Waals surface area contributed by atoms with E-state index in [1.165, 1.54) is 77.7 Å². The molecule has 0 saturated carbocycles. The number of nitrogens with zero attached hydrogens (tertiary/aromatic N) is 4. The first-order valence-corrected chi connectivity index (χ1v) is 28.0. The van der Waals surface area contributed by atoms with E-state index in [9.17, 15) is 0 Å². The molecular weight excluding hydrogens is 1100 g/mol. The van der Waals surface area contributed by atoms with Crippen LogP contribution in [-0.2, 0) is 47.4 Å². The topological polar surface area (TPSA) is 36.9 Å². The van der Waals surface area contributed by atoms with Crippen LogP contribution in [0.1, 0.15) is 142 Å². The third kappa shape index (κ3) is 9.49. The minimum absolute atomic E-state index is 0.00516. The first-order chi connectivity index (χ1) is 35.6. The Bertz CT molecular complexity index is 3840. The number of ether oxygens (including phenoxy) is 1. The van der Waals surface area contributed by atoms with Gasteiger partial charge in [0, 0.05) is 6.20 Å². The summed E-state index contributed by atoms with van der Waals surface area (Å²) in [6.07, 6.45) is 6.13. The third-order valence-corrected chi connectivity index (χ3v) is 16.5. The van der Waals surface area contributed by atoms with Gasteiger partial charge in [0.1, 0.15) is 0 Å². The molecule has 0 fully saturated rings. The fourth-order valence-corrected chi connectivity index (χ4v) is 12.3. The summed E-state index contributed by atoms with van der Waals surface area (Å²) < 4.78 is 15.5. The van der Waals surface area contributed by atoms with Crippen LogP contribution in [0.15, 0.2) is 152 Å². The van der Waals surface area contributed by atoms with E-state index in [1.807, 2.05) is 6.20 Å². The summed E-state index contributed by atoms with van der Waals surface area (Å²) >= 11 is 2.63. The van der Waals surface area contributed by atoms with Gasteiger partial charge in [-0.05, 0) is 40.2 Å². The zero-order valence-electron chi connectivity index (χ0n) is 45.9. The van der Waals surface area contributed by atoms with Crippen LogP contribution in [0, 0.1) is 15.9 Å². The molecule has 0 amide bonds. The van der Waals surface area contributed by atoms with Crippen molar-refractivity contribution >= 4 is 32.8 Å². The zero-order valence-corrected chi connectivity index (χ0v) is 48.1. The second-order valence-electron chi connectivity index (χ2n) is 25.0. The van der Waals surface area contributed by atoms with Gasteiger partial charge in [-0.25, -0.2) is 4.98 Å². The molecule has 0 N–H and O–H groups in total. The Morgan fingerprint density at radius 2 is 1.15 bits per heavy atom. The summed E-state index contributed by atoms with van der Waals surface area (Å²) in [5, 5.41) is 2.30. The third-order valence-electron chi connectivity index (χ3n) is 15.5. The minimum atomic E-state index is -0.0388. The number of benzene rings is 7. The molecule has 5 nitrogen and oxygen atoms in total. The van der Waals surface area contributed by atoms with Crippen LogP contribution >= 0.6 is 0 Å². The van der Waals surface area contributed by atoms with E-state index in [2.05, 4.69) is 274 Å². The van der Waals surface area contributed by atoms with Crippen LogP contribution in [0.25, 0.3) is 66.6 Å². The van der Waals surface area contributed by atoms with E-state index >= 15 is 0 Å². The van der Waals surface area contributed by atoms with Crippen LogP contribution in [0.4, 0.5) is 0 Å². The second-order valence-corrected chi connectivity index (χ2v) is 26.0. The molecule has 11 rings (SSSR count). The molecule has 0 spiro atoms. The van der Waals surface area contributed by atoms with Crippen molar-refractivity contribution in [3.05, 3.63) is 201 Å². The Kier molecular flexibility index (Phi) is 12.8. The quantitative estimate of drug-likeness (QED) is 0.118. The van der Waals surface area contributed by atoms with Crippen LogP contribution in [0.3, 0.4) is 0 Å². The van der Waals surface area contributed by atoms with Crippen LogP contribution in [-0.4, -0.2) is 18.7 Å². The van der Waals surface area contributed by atoms with E-state index < -0.39 is 0 Å². The SMILES string of the molecule is CC(C)(C)c1cc(-c2cccc(-c3ccccc3)c2-n2[c](=[Pt])n(C3CCCCc4ccc(Oc5[c-]c6c(cc5)c5cc(C(C)(C)C)ccc5n6-c5cc(C(C)(C)C)ccn5)[c-]c43)c3ccccc32)cc(C(C)(C)C)c1. The first-order valence-electron chi connectivity index (χ1n) is 26.9. The molecule has 0 aliphatic heterocycles. The van der Waals surface area contributed by atoms with Crippen molar-refractivity contribution in [1.82, 2.24) is 18.7 Å². The number of hydrogen-bond acceptors (Lipinski definition) is 2. The van der Waals surface area contributed by atoms with Crippen molar-refractivity contribution in [2.75, 3.05) is 0 Å². The Balaban J connectivity index is 1.07. The molecule has 6 heteroatoms. The number of fused-ring (bicyclic) bond motifs is 5. The summed E-state index contributed by atoms with van der Waals surface area (Å²) in [5.41, 5.74) is 18.0. The molecule has 1 atom stereocenters. The molecule has 1 unspecified atom stereocenters. The number of para-hydroxylation sites is 3. The van der Waals surface area contributed by atoms with Crippen molar-refractivity contribution in [2.45, 2.75) is 136 Å². The van der Waals surface area contributed by atoms with Crippen molar-refractivity contribution in [3.63, 3.8) is 0 Å². The summed E-state index contributed by atoms with van der Waals surface area (Å²) in [7, 11) is 0. The summed E-state index contributed by atoms with van der Waals surface area (Å²) in [6.45, 7) is 27.5. The number of hydrogen-bond donors (Lipinski definition) is 0. The number of aryl methyl sites for hydroxylation is 1. The van der Waals surface area contributed by atoms with Gasteiger partial charge in [0.25, 0.3) is 0 Å². The van der Waals surface area contributed by atoms with Gasteiger partial charge in [0.2, 0.25) is 0 Å². The second kappa shape index (κ2) is 18.9. The number of rotatable bonds is 7. The van der Waals surface area contributed by atoms with Gasteiger partial charge in [0.05, 0.1) is 0 Å². The Morgan fingerprint density at radius 1 is 0.520 bits per heavy atom. The molecule has 0 bridgehead atoms. The molecule has 0 radical (unpaired) electrons. The van der Waals surface area contributed by atoms with Crippen LogP contribution < -0.4 is 4.74 Å². The summed E-state index contributed by atoms with van der Waals surface area (Å²) in [4.78, 5) is 4.98. The number of pyridine rings is 1. The van der Waals surface area contributed by atoms with Gasteiger partial charge >= 0.3 is 353 Å². The van der Waals surface area contributed by atoms with Gasteiger partial charge in [-0.3, -0.25) is 0 Å². The molecule has 3 heterocycles. The summed E-state index contributed by atoms with van der Waals surface area (Å²) in [6, 6.07) is 61.7. The van der Waals surface area contributed by atoms with E-state index in [4.69, 9.17) is 9.72 Å². The summed E-state index contributed by atoms with van der Waals surface area (Å²) in [5.74, 6) is 2.20.